The van der Waals surface area contributed by atoms with Crippen molar-refractivity contribution in [2.24, 2.45) is 0 Å². The number of carboxylic acids is 2. The van der Waals surface area contributed by atoms with E-state index in [0.29, 0.717) is 30.0 Å². The molecule has 0 atom stereocenters. The van der Waals surface area contributed by atoms with Crippen molar-refractivity contribution in [1.82, 2.24) is 15.0 Å². The summed E-state index contributed by atoms with van der Waals surface area (Å²) >= 11 is 0. The molecule has 0 saturated carbocycles. The van der Waals surface area contributed by atoms with E-state index in [4.69, 9.17) is 19.8 Å². The smallest absolute Gasteiger partial charge is 0.475 e. The van der Waals surface area contributed by atoms with E-state index in [1.165, 1.54) is 18.2 Å². The normalized spacial score (nSPS) is 12.7. The highest BCUT2D eigenvalue weighted by atomic mass is 19.4. The van der Waals surface area contributed by atoms with Gasteiger partial charge in [0, 0.05) is 49.3 Å². The van der Waals surface area contributed by atoms with Crippen molar-refractivity contribution in [3.63, 3.8) is 0 Å². The molecule has 6 N–H and O–H groups in total. The molecule has 3 heterocycles. The Balaban J connectivity index is 0.000000408. The molecule has 0 unspecified atom stereocenters. The van der Waals surface area contributed by atoms with Crippen molar-refractivity contribution in [1.29, 1.82) is 0 Å². The van der Waals surface area contributed by atoms with Crippen molar-refractivity contribution < 1.29 is 69.2 Å². The number of alkyl halides is 8. The maximum absolute atomic E-state index is 13.3. The van der Waals surface area contributed by atoms with Gasteiger partial charge in [0.1, 0.15) is 5.82 Å². The van der Waals surface area contributed by atoms with Crippen LogP contribution in [0.1, 0.15) is 21.6 Å². The Bertz CT molecular complexity index is 1750. The van der Waals surface area contributed by atoms with Crippen LogP contribution in [-0.2, 0) is 22.6 Å². The molecule has 50 heavy (non-hydrogen) atoms. The summed E-state index contributed by atoms with van der Waals surface area (Å²) in [4.78, 5) is 42.2. The van der Waals surface area contributed by atoms with Gasteiger partial charge in [-0.2, -0.15) is 26.3 Å². The van der Waals surface area contributed by atoms with Gasteiger partial charge in [-0.15, -0.1) is 8.78 Å². The number of rotatable bonds is 9. The van der Waals surface area contributed by atoms with E-state index in [2.05, 4.69) is 40.4 Å². The van der Waals surface area contributed by atoms with Crippen LogP contribution in [0.5, 0.6) is 11.5 Å². The number of imidazole rings is 1. The number of carbonyl (C=O) groups excluding carboxylic acids is 1. The molecule has 5 rings (SSSR count). The molecule has 1 aliphatic rings. The number of aromatic nitrogens is 3. The topological polar surface area (TPSA) is 188 Å². The van der Waals surface area contributed by atoms with E-state index in [1.807, 2.05) is 24.4 Å². The Morgan fingerprint density at radius 3 is 2.10 bits per heavy atom. The molecule has 0 fully saturated rings. The number of H-pyrrole nitrogens is 1. The minimum Gasteiger partial charge on any atom is -0.475 e. The van der Waals surface area contributed by atoms with E-state index in [0.717, 1.165) is 23.5 Å². The number of para-hydroxylation sites is 1. The first-order chi connectivity index (χ1) is 23.3. The van der Waals surface area contributed by atoms with Gasteiger partial charge in [0.15, 0.2) is 11.5 Å². The van der Waals surface area contributed by atoms with Crippen LogP contribution in [0.2, 0.25) is 0 Å². The summed E-state index contributed by atoms with van der Waals surface area (Å²) < 4.78 is 98.8. The molecule has 0 bridgehead atoms. The fourth-order valence-electron chi connectivity index (χ4n) is 3.68. The van der Waals surface area contributed by atoms with E-state index in [-0.39, 0.29) is 11.5 Å². The van der Waals surface area contributed by atoms with E-state index in [9.17, 15) is 39.9 Å². The molecule has 1 amide bonds. The maximum atomic E-state index is 13.3. The van der Waals surface area contributed by atoms with Crippen molar-refractivity contribution in [3.05, 3.63) is 90.1 Å². The number of hydrogen-bond acceptors (Lipinski definition) is 9. The van der Waals surface area contributed by atoms with Gasteiger partial charge in [-0.05, 0) is 42.0 Å². The van der Waals surface area contributed by atoms with Crippen LogP contribution in [0.15, 0.2) is 73.3 Å². The molecular weight excluding hydrogens is 696 g/mol. The first-order valence-corrected chi connectivity index (χ1v) is 13.6. The zero-order valence-electron chi connectivity index (χ0n) is 24.9. The third-order valence-electron chi connectivity index (χ3n) is 5.87. The number of amides is 1. The van der Waals surface area contributed by atoms with Gasteiger partial charge in [-0.25, -0.2) is 19.6 Å². The number of ether oxygens (including phenoxy) is 2. The summed E-state index contributed by atoms with van der Waals surface area (Å²) in [6.45, 7) is 1.15. The average Bonchev–Trinajstić information content (AvgIpc) is 3.66. The van der Waals surface area contributed by atoms with Gasteiger partial charge in [-0.3, -0.25) is 4.79 Å². The Labute approximate surface area is 275 Å². The highest BCUT2D eigenvalue weighted by Crippen LogP contribution is 2.42. The number of aromatic amines is 1. The Morgan fingerprint density at radius 2 is 1.48 bits per heavy atom. The standard InChI is InChI=1S/C25H22F2N6O3.2C2HF3O2/c26-25(27)35-21-6-5-17(12-22(21)36-25)33-24(34)19-3-1-2-4-20(19)31-13-16-7-9-29-23(11-16)30-10-8-18-14-28-15-32-18;2*3-2(4,5)1(6)7/h1-7,9,11-12,14-15,31H,8,10,13H2,(H,28,32)(H,29,30)(H,33,34);2*(H,6,7). The number of carbonyl (C=O) groups is 3. The van der Waals surface area contributed by atoms with Crippen molar-refractivity contribution >= 4 is 35.0 Å². The number of nitrogens with zero attached hydrogens (tertiary/aromatic N) is 2. The van der Waals surface area contributed by atoms with Gasteiger partial charge in [-0.1, -0.05) is 12.1 Å². The SMILES string of the molecule is O=C(Nc1ccc2c(c1)OC(F)(F)O2)c1ccccc1NCc1ccnc(NCCc2c[nH]cn2)c1.O=C(O)C(F)(F)F.O=C(O)C(F)(F)F. The summed E-state index contributed by atoms with van der Waals surface area (Å²) in [5.41, 5.74) is 3.25. The number of fused-ring (bicyclic) bond motifs is 1. The molecule has 13 nitrogen and oxygen atoms in total. The second kappa shape index (κ2) is 16.3. The van der Waals surface area contributed by atoms with Crippen LogP contribution in [0, 0.1) is 0 Å². The summed E-state index contributed by atoms with van der Waals surface area (Å²) in [5.74, 6) is -5.41. The third kappa shape index (κ3) is 12.1. The lowest BCUT2D eigenvalue weighted by atomic mass is 10.1. The minimum absolute atomic E-state index is 0.0904. The molecule has 268 valence electrons. The summed E-state index contributed by atoms with van der Waals surface area (Å²) in [6, 6.07) is 14.9. The van der Waals surface area contributed by atoms with E-state index in [1.54, 1.807) is 30.7 Å². The van der Waals surface area contributed by atoms with Gasteiger partial charge >= 0.3 is 30.6 Å². The molecule has 2 aromatic heterocycles. The summed E-state index contributed by atoms with van der Waals surface area (Å²) in [6.07, 6.45) is -7.90. The largest absolute Gasteiger partial charge is 0.586 e. The molecule has 2 aromatic carbocycles. The molecule has 0 radical (unpaired) electrons. The quantitative estimate of drug-likeness (QED) is 0.113. The zero-order valence-corrected chi connectivity index (χ0v) is 24.9. The molecular formula is C29H24F8N6O7. The fraction of sp³-hybridized carbons (Fsp3) is 0.207. The first-order valence-electron chi connectivity index (χ1n) is 13.6. The highest BCUT2D eigenvalue weighted by molar-refractivity contribution is 6.08. The molecule has 0 spiro atoms. The van der Waals surface area contributed by atoms with E-state index < -0.39 is 36.5 Å². The van der Waals surface area contributed by atoms with Crippen LogP contribution in [0.3, 0.4) is 0 Å². The minimum atomic E-state index is -5.08. The zero-order chi connectivity index (χ0) is 37.1. The number of halogens is 8. The molecule has 0 saturated heterocycles. The van der Waals surface area contributed by atoms with Gasteiger partial charge in [0.25, 0.3) is 5.91 Å². The third-order valence-corrected chi connectivity index (χ3v) is 5.87. The first kappa shape index (κ1) is 38.3. The van der Waals surface area contributed by atoms with Gasteiger partial charge in [0.2, 0.25) is 0 Å². The Kier molecular flexibility index (Phi) is 12.5. The second-order valence-electron chi connectivity index (χ2n) is 9.57. The molecule has 0 aliphatic carbocycles. The molecule has 1 aliphatic heterocycles. The highest BCUT2D eigenvalue weighted by Gasteiger charge is 2.43. The monoisotopic (exact) mass is 720 g/mol. The van der Waals surface area contributed by atoms with Crippen molar-refractivity contribution in [3.8, 4) is 11.5 Å². The van der Waals surface area contributed by atoms with Crippen molar-refractivity contribution in [2.45, 2.75) is 31.6 Å². The summed E-state index contributed by atoms with van der Waals surface area (Å²) in [5, 5.41) is 23.5. The number of anilines is 3. The lowest BCUT2D eigenvalue weighted by molar-refractivity contribution is -0.286. The number of benzene rings is 2. The summed E-state index contributed by atoms with van der Waals surface area (Å²) in [7, 11) is 0. The van der Waals surface area contributed by atoms with Crippen LogP contribution in [-0.4, -0.2) is 68.2 Å². The van der Waals surface area contributed by atoms with E-state index >= 15 is 0 Å². The van der Waals surface area contributed by atoms with Crippen LogP contribution >= 0.6 is 0 Å². The van der Waals surface area contributed by atoms with Crippen LogP contribution in [0.25, 0.3) is 0 Å². The predicted molar refractivity (Wildman–Crippen MR) is 157 cm³/mol. The number of carboxylic acid groups (broad SMARTS) is 2. The fourth-order valence-corrected chi connectivity index (χ4v) is 3.68. The lowest BCUT2D eigenvalue weighted by Crippen LogP contribution is -2.25. The average molecular weight is 721 g/mol. The van der Waals surface area contributed by atoms with Gasteiger partial charge in [0.05, 0.1) is 17.6 Å². The van der Waals surface area contributed by atoms with Crippen molar-refractivity contribution in [2.75, 3.05) is 22.5 Å². The Morgan fingerprint density at radius 1 is 0.840 bits per heavy atom. The van der Waals surface area contributed by atoms with Crippen LogP contribution in [0.4, 0.5) is 52.3 Å². The van der Waals surface area contributed by atoms with Gasteiger partial charge < -0.3 is 40.6 Å². The number of pyridine rings is 1. The van der Waals surface area contributed by atoms with Crippen LogP contribution < -0.4 is 25.4 Å². The number of hydrogen-bond donors (Lipinski definition) is 6. The predicted octanol–water partition coefficient (Wildman–Crippen LogP) is 5.91. The molecule has 4 aromatic rings. The Hall–Kier alpha value is -6.15. The number of aliphatic carboxylic acids is 2. The maximum Gasteiger partial charge on any atom is 0.586 e. The number of nitrogens with one attached hydrogen (secondary N) is 4. The molecule has 21 heteroatoms. The second-order valence-corrected chi connectivity index (χ2v) is 9.57. The lowest BCUT2D eigenvalue weighted by Gasteiger charge is -2.13.